The minimum atomic E-state index is -0.372. The summed E-state index contributed by atoms with van der Waals surface area (Å²) in [5.41, 5.74) is 4.85. The van der Waals surface area contributed by atoms with Crippen molar-refractivity contribution >= 4 is 11.6 Å². The Kier molecular flexibility index (Phi) is 4.07. The van der Waals surface area contributed by atoms with E-state index >= 15 is 0 Å². The summed E-state index contributed by atoms with van der Waals surface area (Å²) in [7, 11) is 0. The standard InChI is InChI=1S/C14H21N3O2/c1-9-3-4-12(13(7-9)16-15)14(19)17-6-5-11(8-17)10(2)18/h3-4,7,10-11,16,18H,5-6,8,15H2,1-2H3. The highest BCUT2D eigenvalue weighted by Gasteiger charge is 2.30. The first-order valence-corrected chi connectivity index (χ1v) is 6.57. The van der Waals surface area contributed by atoms with Crippen LogP contribution in [0.5, 0.6) is 0 Å². The molecule has 0 spiro atoms. The van der Waals surface area contributed by atoms with Gasteiger partial charge in [0.15, 0.2) is 0 Å². The van der Waals surface area contributed by atoms with Crippen LogP contribution < -0.4 is 11.3 Å². The minimum absolute atomic E-state index is 0.0314. The molecule has 2 atom stereocenters. The van der Waals surface area contributed by atoms with Gasteiger partial charge in [-0.05, 0) is 38.0 Å². The number of likely N-dealkylation sites (tertiary alicyclic amines) is 1. The number of carbonyl (C=O) groups excluding carboxylic acids is 1. The van der Waals surface area contributed by atoms with Crippen LogP contribution >= 0.6 is 0 Å². The van der Waals surface area contributed by atoms with Crippen molar-refractivity contribution < 1.29 is 9.90 Å². The van der Waals surface area contributed by atoms with E-state index in [4.69, 9.17) is 5.84 Å². The van der Waals surface area contributed by atoms with Crippen LogP contribution in [0.25, 0.3) is 0 Å². The number of nitrogens with one attached hydrogen (secondary N) is 1. The summed E-state index contributed by atoms with van der Waals surface area (Å²) in [5.74, 6) is 5.61. The lowest BCUT2D eigenvalue weighted by molar-refractivity contribution is 0.0763. The van der Waals surface area contributed by atoms with Crippen molar-refractivity contribution in [2.24, 2.45) is 11.8 Å². The van der Waals surface area contributed by atoms with Crippen molar-refractivity contribution in [1.82, 2.24) is 4.90 Å². The summed E-state index contributed by atoms with van der Waals surface area (Å²) in [6, 6.07) is 5.55. The number of aryl methyl sites for hydroxylation is 1. The van der Waals surface area contributed by atoms with Gasteiger partial charge in [0.1, 0.15) is 0 Å². The average molecular weight is 263 g/mol. The number of nitrogens with two attached hydrogens (primary N) is 1. The van der Waals surface area contributed by atoms with Crippen molar-refractivity contribution in [1.29, 1.82) is 0 Å². The Bertz CT molecular complexity index is 474. The first-order valence-electron chi connectivity index (χ1n) is 6.57. The van der Waals surface area contributed by atoms with Gasteiger partial charge in [0.05, 0.1) is 17.4 Å². The smallest absolute Gasteiger partial charge is 0.256 e. The van der Waals surface area contributed by atoms with Gasteiger partial charge >= 0.3 is 0 Å². The molecule has 5 nitrogen and oxygen atoms in total. The number of hydrazine groups is 1. The fraction of sp³-hybridized carbons (Fsp3) is 0.500. The molecule has 1 saturated heterocycles. The van der Waals surface area contributed by atoms with Crippen LogP contribution in [0.2, 0.25) is 0 Å². The van der Waals surface area contributed by atoms with Crippen molar-refractivity contribution in [3.05, 3.63) is 29.3 Å². The van der Waals surface area contributed by atoms with Crippen LogP contribution in [-0.4, -0.2) is 35.1 Å². The second-order valence-electron chi connectivity index (χ2n) is 5.23. The third-order valence-corrected chi connectivity index (χ3v) is 3.76. The maximum atomic E-state index is 12.5. The van der Waals surface area contributed by atoms with E-state index in [9.17, 15) is 9.90 Å². The second-order valence-corrected chi connectivity index (χ2v) is 5.23. The average Bonchev–Trinajstić information content (AvgIpc) is 2.87. The van der Waals surface area contributed by atoms with Crippen LogP contribution in [0.1, 0.15) is 29.3 Å². The second kappa shape index (κ2) is 5.59. The van der Waals surface area contributed by atoms with Gasteiger partial charge in [-0.1, -0.05) is 6.07 Å². The number of hydrogen-bond acceptors (Lipinski definition) is 4. The molecule has 4 N–H and O–H groups in total. The van der Waals surface area contributed by atoms with E-state index in [-0.39, 0.29) is 17.9 Å². The van der Waals surface area contributed by atoms with Crippen LogP contribution in [0.4, 0.5) is 5.69 Å². The van der Waals surface area contributed by atoms with Gasteiger partial charge in [0, 0.05) is 19.0 Å². The zero-order chi connectivity index (χ0) is 14.0. The minimum Gasteiger partial charge on any atom is -0.393 e. The normalized spacial score (nSPS) is 20.4. The van der Waals surface area contributed by atoms with E-state index in [0.717, 1.165) is 12.0 Å². The Morgan fingerprint density at radius 3 is 2.89 bits per heavy atom. The molecule has 1 aromatic rings. The van der Waals surface area contributed by atoms with E-state index in [1.807, 2.05) is 19.1 Å². The Morgan fingerprint density at radius 2 is 2.32 bits per heavy atom. The number of nitrogen functional groups attached to an aromatic ring is 1. The molecule has 0 aliphatic carbocycles. The first kappa shape index (κ1) is 13.8. The number of carbonyl (C=O) groups is 1. The molecule has 1 aliphatic rings. The van der Waals surface area contributed by atoms with Gasteiger partial charge in [0.25, 0.3) is 5.91 Å². The summed E-state index contributed by atoms with van der Waals surface area (Å²) < 4.78 is 0. The number of nitrogens with zero attached hydrogens (tertiary/aromatic N) is 1. The zero-order valence-electron chi connectivity index (χ0n) is 11.4. The first-order chi connectivity index (χ1) is 9.02. The summed E-state index contributed by atoms with van der Waals surface area (Å²) in [5, 5.41) is 9.59. The molecular weight excluding hydrogens is 242 g/mol. The molecule has 1 fully saturated rings. The number of aliphatic hydroxyl groups is 1. The highest BCUT2D eigenvalue weighted by Crippen LogP contribution is 2.24. The molecule has 104 valence electrons. The van der Waals surface area contributed by atoms with Gasteiger partial charge in [-0.2, -0.15) is 0 Å². The van der Waals surface area contributed by atoms with Crippen LogP contribution in [0, 0.1) is 12.8 Å². The molecule has 0 saturated carbocycles. The Labute approximate surface area is 113 Å². The number of aliphatic hydroxyl groups excluding tert-OH is 1. The van der Waals surface area contributed by atoms with Crippen LogP contribution in [-0.2, 0) is 0 Å². The molecule has 2 rings (SSSR count). The van der Waals surface area contributed by atoms with Crippen molar-refractivity contribution in [3.8, 4) is 0 Å². The predicted octanol–water partition coefficient (Wildman–Crippen LogP) is 1.12. The monoisotopic (exact) mass is 263 g/mol. The summed E-state index contributed by atoms with van der Waals surface area (Å²) >= 11 is 0. The molecule has 5 heteroatoms. The van der Waals surface area contributed by atoms with Crippen molar-refractivity contribution in [2.75, 3.05) is 18.5 Å². The lowest BCUT2D eigenvalue weighted by Crippen LogP contribution is -2.31. The molecule has 2 unspecified atom stereocenters. The molecule has 1 aromatic carbocycles. The summed E-state index contributed by atoms with van der Waals surface area (Å²) in [4.78, 5) is 14.2. The lowest BCUT2D eigenvalue weighted by atomic mass is 10.0. The fourth-order valence-corrected chi connectivity index (χ4v) is 2.50. The largest absolute Gasteiger partial charge is 0.393 e. The van der Waals surface area contributed by atoms with Crippen LogP contribution in [0.3, 0.4) is 0 Å². The Morgan fingerprint density at radius 1 is 1.58 bits per heavy atom. The molecule has 1 amide bonds. The Hall–Kier alpha value is -1.59. The zero-order valence-corrected chi connectivity index (χ0v) is 11.4. The van der Waals surface area contributed by atoms with E-state index in [0.29, 0.717) is 24.3 Å². The van der Waals surface area contributed by atoms with Gasteiger partial charge in [-0.25, -0.2) is 0 Å². The Balaban J connectivity index is 2.17. The third kappa shape index (κ3) is 2.88. The fourth-order valence-electron chi connectivity index (χ4n) is 2.50. The van der Waals surface area contributed by atoms with E-state index < -0.39 is 0 Å². The van der Waals surface area contributed by atoms with E-state index in [1.54, 1.807) is 17.9 Å². The molecule has 1 aliphatic heterocycles. The van der Waals surface area contributed by atoms with Gasteiger partial charge in [-0.3, -0.25) is 10.6 Å². The lowest BCUT2D eigenvalue weighted by Gasteiger charge is -2.19. The number of amides is 1. The molecule has 19 heavy (non-hydrogen) atoms. The number of benzene rings is 1. The van der Waals surface area contributed by atoms with E-state index in [1.165, 1.54) is 0 Å². The predicted molar refractivity (Wildman–Crippen MR) is 74.7 cm³/mol. The molecule has 1 heterocycles. The van der Waals surface area contributed by atoms with Gasteiger partial charge < -0.3 is 15.4 Å². The maximum Gasteiger partial charge on any atom is 0.256 e. The maximum absolute atomic E-state index is 12.5. The molecule has 0 bridgehead atoms. The molecular formula is C14H21N3O2. The highest BCUT2D eigenvalue weighted by molar-refractivity contribution is 5.99. The molecule has 0 aromatic heterocycles. The third-order valence-electron chi connectivity index (χ3n) is 3.76. The number of rotatable bonds is 3. The van der Waals surface area contributed by atoms with Crippen LogP contribution in [0.15, 0.2) is 18.2 Å². The SMILES string of the molecule is Cc1ccc(C(=O)N2CCC(C(C)O)C2)c(NN)c1. The number of anilines is 1. The van der Waals surface area contributed by atoms with E-state index in [2.05, 4.69) is 5.43 Å². The highest BCUT2D eigenvalue weighted by atomic mass is 16.3. The number of hydrogen-bond donors (Lipinski definition) is 3. The van der Waals surface area contributed by atoms with Crippen molar-refractivity contribution in [2.45, 2.75) is 26.4 Å². The van der Waals surface area contributed by atoms with Gasteiger partial charge in [0.2, 0.25) is 0 Å². The topological polar surface area (TPSA) is 78.6 Å². The summed E-state index contributed by atoms with van der Waals surface area (Å²) in [6.45, 7) is 5.02. The summed E-state index contributed by atoms with van der Waals surface area (Å²) in [6.07, 6.45) is 0.476. The quantitative estimate of drug-likeness (QED) is 0.564. The van der Waals surface area contributed by atoms with Gasteiger partial charge in [-0.15, -0.1) is 0 Å². The molecule has 0 radical (unpaired) electrons. The van der Waals surface area contributed by atoms with Crippen molar-refractivity contribution in [3.63, 3.8) is 0 Å².